The fraction of sp³-hybridized carbons (Fsp3) is 0.444. The maximum absolute atomic E-state index is 12.7. The number of rotatable bonds is 1. The minimum atomic E-state index is -0.807. The summed E-state index contributed by atoms with van der Waals surface area (Å²) in [7, 11) is 0. The number of hydrogen-bond donors (Lipinski definition) is 0. The lowest BCUT2D eigenvalue weighted by atomic mass is 9.85. The van der Waals surface area contributed by atoms with Gasteiger partial charge in [0.15, 0.2) is 5.78 Å². The van der Waals surface area contributed by atoms with Crippen molar-refractivity contribution < 1.29 is 19.2 Å². The van der Waals surface area contributed by atoms with Crippen LogP contribution in [0.3, 0.4) is 0 Å². The summed E-state index contributed by atoms with van der Waals surface area (Å²) in [5.41, 5.74) is 1.52. The molecule has 0 unspecified atom stereocenters. The first-order chi connectivity index (χ1) is 10.7. The highest BCUT2D eigenvalue weighted by molar-refractivity contribution is 6.23. The fourth-order valence-corrected chi connectivity index (χ4v) is 3.14. The summed E-state index contributed by atoms with van der Waals surface area (Å²) < 4.78 is 0. The largest absolute Gasteiger partial charge is 0.299 e. The van der Waals surface area contributed by atoms with Crippen LogP contribution in [0.2, 0.25) is 0 Å². The molecular formula is C18H19NO4. The van der Waals surface area contributed by atoms with Crippen LogP contribution in [-0.2, 0) is 15.0 Å². The second-order valence-electron chi connectivity index (χ2n) is 7.23. The molecule has 0 N–H and O–H groups in total. The Morgan fingerprint density at radius 3 is 2.26 bits per heavy atom. The van der Waals surface area contributed by atoms with E-state index in [2.05, 4.69) is 0 Å². The number of carbonyl (C=O) groups excluding carboxylic acids is 4. The van der Waals surface area contributed by atoms with E-state index in [4.69, 9.17) is 0 Å². The lowest BCUT2D eigenvalue weighted by molar-refractivity contribution is -0.132. The van der Waals surface area contributed by atoms with Crippen molar-refractivity contribution in [2.24, 2.45) is 0 Å². The maximum atomic E-state index is 12.7. The van der Waals surface area contributed by atoms with Crippen molar-refractivity contribution in [2.45, 2.75) is 51.5 Å². The molecule has 1 aromatic carbocycles. The molecule has 0 spiro atoms. The number of ketones is 2. The summed E-state index contributed by atoms with van der Waals surface area (Å²) in [5.74, 6) is -1.33. The molecule has 1 atom stereocenters. The molecule has 0 radical (unpaired) electrons. The number of amides is 2. The van der Waals surface area contributed by atoms with E-state index in [1.165, 1.54) is 0 Å². The fourth-order valence-electron chi connectivity index (χ4n) is 3.14. The molecule has 0 saturated heterocycles. The second-order valence-corrected chi connectivity index (χ2v) is 7.23. The van der Waals surface area contributed by atoms with Gasteiger partial charge in [0.05, 0.1) is 23.6 Å². The van der Waals surface area contributed by atoms with E-state index >= 15 is 0 Å². The van der Waals surface area contributed by atoms with E-state index in [9.17, 15) is 19.2 Å². The molecule has 0 aromatic heterocycles. The van der Waals surface area contributed by atoms with E-state index in [0.29, 0.717) is 11.1 Å². The van der Waals surface area contributed by atoms with Crippen molar-refractivity contribution in [3.05, 3.63) is 34.9 Å². The molecular weight excluding hydrogens is 294 g/mol. The van der Waals surface area contributed by atoms with Crippen LogP contribution in [0.5, 0.6) is 0 Å². The molecule has 0 bridgehead atoms. The second kappa shape index (κ2) is 5.11. The van der Waals surface area contributed by atoms with Crippen LogP contribution in [0.1, 0.15) is 66.3 Å². The smallest absolute Gasteiger partial charge is 0.262 e. The van der Waals surface area contributed by atoms with Crippen molar-refractivity contribution in [3.63, 3.8) is 0 Å². The maximum Gasteiger partial charge on any atom is 0.262 e. The third-order valence-electron chi connectivity index (χ3n) is 4.54. The van der Waals surface area contributed by atoms with Gasteiger partial charge in [-0.25, -0.2) is 0 Å². The van der Waals surface area contributed by atoms with Crippen molar-refractivity contribution in [1.82, 2.24) is 4.90 Å². The summed E-state index contributed by atoms with van der Waals surface area (Å²) in [6, 6.07) is 4.45. The molecule has 5 nitrogen and oxygen atoms in total. The summed E-state index contributed by atoms with van der Waals surface area (Å²) >= 11 is 0. The lowest BCUT2D eigenvalue weighted by Gasteiger charge is -2.27. The molecule has 1 aliphatic carbocycles. The molecule has 5 heteroatoms. The van der Waals surface area contributed by atoms with Crippen LogP contribution in [0, 0.1) is 0 Å². The normalized spacial score (nSPS) is 21.9. The third kappa shape index (κ3) is 2.50. The highest BCUT2D eigenvalue weighted by atomic mass is 16.2. The summed E-state index contributed by atoms with van der Waals surface area (Å²) in [6.07, 6.45) is 0.275. The predicted octanol–water partition coefficient (Wildman–Crippen LogP) is 2.27. The van der Waals surface area contributed by atoms with Crippen molar-refractivity contribution in [1.29, 1.82) is 0 Å². The Morgan fingerprint density at radius 2 is 1.65 bits per heavy atom. The highest BCUT2D eigenvalue weighted by Gasteiger charge is 2.44. The highest BCUT2D eigenvalue weighted by Crippen LogP contribution is 2.32. The van der Waals surface area contributed by atoms with Gasteiger partial charge >= 0.3 is 0 Å². The van der Waals surface area contributed by atoms with Crippen LogP contribution in [0.25, 0.3) is 0 Å². The van der Waals surface area contributed by atoms with E-state index in [1.807, 2.05) is 26.8 Å². The summed E-state index contributed by atoms with van der Waals surface area (Å²) in [4.78, 5) is 49.7. The monoisotopic (exact) mass is 313 g/mol. The van der Waals surface area contributed by atoms with Gasteiger partial charge in [0.2, 0.25) is 0 Å². The molecule has 1 fully saturated rings. The van der Waals surface area contributed by atoms with Crippen molar-refractivity contribution in [2.75, 3.05) is 0 Å². The zero-order valence-corrected chi connectivity index (χ0v) is 13.5. The first-order valence-electron chi connectivity index (χ1n) is 7.77. The first kappa shape index (κ1) is 15.6. The van der Waals surface area contributed by atoms with Gasteiger partial charge in [-0.15, -0.1) is 0 Å². The topological polar surface area (TPSA) is 71.5 Å². The van der Waals surface area contributed by atoms with Crippen LogP contribution in [0.15, 0.2) is 18.2 Å². The molecule has 2 aliphatic rings. The number of hydrogen-bond acceptors (Lipinski definition) is 4. The van der Waals surface area contributed by atoms with Crippen LogP contribution in [-0.4, -0.2) is 34.3 Å². The molecule has 1 aromatic rings. The van der Waals surface area contributed by atoms with Crippen LogP contribution >= 0.6 is 0 Å². The molecule has 1 aliphatic heterocycles. The molecule has 2 amide bonds. The first-order valence-corrected chi connectivity index (χ1v) is 7.77. The van der Waals surface area contributed by atoms with Gasteiger partial charge in [0, 0.05) is 6.42 Å². The van der Waals surface area contributed by atoms with Gasteiger partial charge in [0.25, 0.3) is 11.8 Å². The number of carbonyl (C=O) groups is 4. The van der Waals surface area contributed by atoms with Gasteiger partial charge < -0.3 is 0 Å². The van der Waals surface area contributed by atoms with Crippen molar-refractivity contribution >= 4 is 23.4 Å². The number of imide groups is 1. The van der Waals surface area contributed by atoms with Crippen molar-refractivity contribution in [3.8, 4) is 0 Å². The van der Waals surface area contributed by atoms with E-state index in [-0.39, 0.29) is 36.2 Å². The summed E-state index contributed by atoms with van der Waals surface area (Å²) in [5, 5.41) is 0. The SMILES string of the molecule is CC(C)(C)c1ccc2c(c1)C(=O)N([C@H]1CCC(=O)CC1=O)C2=O. The van der Waals surface area contributed by atoms with E-state index in [0.717, 1.165) is 10.5 Å². The number of fused-ring (bicyclic) bond motifs is 1. The lowest BCUT2D eigenvalue weighted by Crippen LogP contribution is -2.47. The van der Waals surface area contributed by atoms with E-state index in [1.54, 1.807) is 12.1 Å². The Balaban J connectivity index is 1.98. The Bertz CT molecular complexity index is 742. The van der Waals surface area contributed by atoms with E-state index < -0.39 is 17.9 Å². The minimum absolute atomic E-state index is 0.127. The zero-order valence-electron chi connectivity index (χ0n) is 13.5. The molecule has 23 heavy (non-hydrogen) atoms. The average molecular weight is 313 g/mol. The molecule has 1 heterocycles. The molecule has 120 valence electrons. The Kier molecular flexibility index (Phi) is 3.47. The summed E-state index contributed by atoms with van der Waals surface area (Å²) in [6.45, 7) is 6.10. The Labute approximate surface area is 134 Å². The molecule has 1 saturated carbocycles. The van der Waals surface area contributed by atoms with Gasteiger partial charge in [-0.1, -0.05) is 26.8 Å². The van der Waals surface area contributed by atoms with Crippen LogP contribution in [0.4, 0.5) is 0 Å². The zero-order chi connectivity index (χ0) is 16.9. The van der Waals surface area contributed by atoms with Gasteiger partial charge in [-0.3, -0.25) is 24.1 Å². The standard InChI is InChI=1S/C18H19NO4/c1-18(2,3)10-4-6-12-13(8-10)17(23)19(16(12)22)14-7-5-11(20)9-15(14)21/h4,6,8,14H,5,7,9H2,1-3H3/t14-/m0/s1. The van der Waals surface area contributed by atoms with Gasteiger partial charge in [-0.2, -0.15) is 0 Å². The predicted molar refractivity (Wildman–Crippen MR) is 83.3 cm³/mol. The molecule has 3 rings (SSSR count). The quantitative estimate of drug-likeness (QED) is 0.589. The Hall–Kier alpha value is -2.30. The number of benzene rings is 1. The van der Waals surface area contributed by atoms with Crippen LogP contribution < -0.4 is 0 Å². The van der Waals surface area contributed by atoms with Gasteiger partial charge in [-0.05, 0) is 29.5 Å². The number of Topliss-reactive ketones (excluding diaryl/α,β-unsaturated/α-hetero) is 2. The average Bonchev–Trinajstić information content (AvgIpc) is 2.71. The van der Waals surface area contributed by atoms with Gasteiger partial charge in [0.1, 0.15) is 5.78 Å². The Morgan fingerprint density at radius 1 is 1.00 bits per heavy atom. The number of nitrogens with zero attached hydrogens (tertiary/aromatic N) is 1. The minimum Gasteiger partial charge on any atom is -0.299 e. The third-order valence-corrected chi connectivity index (χ3v) is 4.54.